The van der Waals surface area contributed by atoms with Crippen LogP contribution in [0.4, 0.5) is 13.2 Å². The first kappa shape index (κ1) is 29.1. The molecule has 0 N–H and O–H groups in total. The molecule has 0 spiro atoms. The normalized spacial score (nSPS) is 27.0. The Kier molecular flexibility index (Phi) is 9.68. The summed E-state index contributed by atoms with van der Waals surface area (Å²) in [7, 11) is 0. The van der Waals surface area contributed by atoms with Crippen LogP contribution in [-0.4, -0.2) is 103 Å². The molecule has 36 heavy (non-hydrogen) atoms. The van der Waals surface area contributed by atoms with Crippen molar-refractivity contribution in [1.29, 1.82) is 0 Å². The Morgan fingerprint density at radius 1 is 0.861 bits per heavy atom. The van der Waals surface area contributed by atoms with Crippen LogP contribution in [0.2, 0.25) is 0 Å². The summed E-state index contributed by atoms with van der Waals surface area (Å²) < 4.78 is 56.7. The van der Waals surface area contributed by atoms with Crippen molar-refractivity contribution in [3.63, 3.8) is 0 Å². The van der Waals surface area contributed by atoms with Crippen molar-refractivity contribution in [3.05, 3.63) is 0 Å². The second-order valence-electron chi connectivity index (χ2n) is 11.0. The van der Waals surface area contributed by atoms with E-state index in [1.54, 1.807) is 27.7 Å². The van der Waals surface area contributed by atoms with Crippen molar-refractivity contribution in [2.24, 2.45) is 5.92 Å². The third kappa shape index (κ3) is 7.55. The van der Waals surface area contributed by atoms with Crippen molar-refractivity contribution in [2.75, 3.05) is 52.4 Å². The number of rotatable bonds is 8. The molecule has 3 aliphatic rings. The van der Waals surface area contributed by atoms with Crippen LogP contribution in [0.25, 0.3) is 0 Å². The van der Waals surface area contributed by atoms with E-state index in [0.717, 1.165) is 12.8 Å². The Hall–Kier alpha value is -1.43. The molecule has 0 radical (unpaired) electrons. The van der Waals surface area contributed by atoms with Gasteiger partial charge < -0.3 is 14.2 Å². The van der Waals surface area contributed by atoms with Gasteiger partial charge in [0.05, 0.1) is 25.2 Å². The fourth-order valence-electron chi connectivity index (χ4n) is 5.39. The number of likely N-dealkylation sites (tertiary alicyclic amines) is 1. The molecular formula is C25H42F3N3O5. The van der Waals surface area contributed by atoms with Gasteiger partial charge in [0.25, 0.3) is 5.85 Å². The number of esters is 2. The topological polar surface area (TPSA) is 71.5 Å². The van der Waals surface area contributed by atoms with E-state index < -0.39 is 30.1 Å². The first-order valence-electron chi connectivity index (χ1n) is 13.2. The summed E-state index contributed by atoms with van der Waals surface area (Å²) in [5.41, 5.74) is -0.759. The molecule has 1 atom stereocenters. The number of carbonyl (C=O) groups excluding carboxylic acids is 2. The average Bonchev–Trinajstić information content (AvgIpc) is 3.32. The lowest BCUT2D eigenvalue weighted by molar-refractivity contribution is -0.282. The molecule has 208 valence electrons. The summed E-state index contributed by atoms with van der Waals surface area (Å²) in [5.74, 6) is -2.41. The molecule has 1 unspecified atom stereocenters. The van der Waals surface area contributed by atoms with E-state index in [1.165, 1.54) is 4.90 Å². The number of piperazine rings is 1. The largest absolute Gasteiger partial charge is 0.466 e. The van der Waals surface area contributed by atoms with Crippen LogP contribution in [0.3, 0.4) is 0 Å². The van der Waals surface area contributed by atoms with Gasteiger partial charge in [0.1, 0.15) is 5.60 Å². The molecule has 3 rings (SSSR count). The van der Waals surface area contributed by atoms with E-state index >= 15 is 0 Å². The molecule has 1 aliphatic carbocycles. The summed E-state index contributed by atoms with van der Waals surface area (Å²) in [6.07, 6.45) is -0.355. The Balaban J connectivity index is 1.83. The third-order valence-electron chi connectivity index (χ3n) is 7.03. The lowest BCUT2D eigenvalue weighted by Gasteiger charge is -2.51. The Bertz CT molecular complexity index is 738. The van der Waals surface area contributed by atoms with Crippen molar-refractivity contribution < 1.29 is 37.0 Å². The summed E-state index contributed by atoms with van der Waals surface area (Å²) >= 11 is 0. The van der Waals surface area contributed by atoms with E-state index in [1.807, 2.05) is 9.80 Å². The fourth-order valence-corrected chi connectivity index (χ4v) is 5.39. The summed E-state index contributed by atoms with van der Waals surface area (Å²) in [6, 6.07) is 0. The number of carbonyl (C=O) groups is 2. The summed E-state index contributed by atoms with van der Waals surface area (Å²) in [4.78, 5) is 31.3. The lowest BCUT2D eigenvalue weighted by atomic mass is 9.87. The van der Waals surface area contributed by atoms with E-state index in [0.29, 0.717) is 45.4 Å². The van der Waals surface area contributed by atoms with Gasteiger partial charge in [0.2, 0.25) is 0 Å². The maximum Gasteiger partial charge on any atom is 0.401 e. The fraction of sp³-hybridized carbons (Fsp3) is 0.920. The van der Waals surface area contributed by atoms with Gasteiger partial charge >= 0.3 is 18.1 Å². The van der Waals surface area contributed by atoms with Crippen molar-refractivity contribution in [2.45, 2.75) is 90.0 Å². The number of ether oxygens (including phenoxy) is 3. The predicted molar refractivity (Wildman–Crippen MR) is 127 cm³/mol. The molecule has 8 nitrogen and oxygen atoms in total. The zero-order valence-electron chi connectivity index (χ0n) is 22.1. The molecule has 2 saturated heterocycles. The van der Waals surface area contributed by atoms with Gasteiger partial charge in [0, 0.05) is 39.3 Å². The van der Waals surface area contributed by atoms with Crippen LogP contribution < -0.4 is 0 Å². The average molecular weight is 522 g/mol. The van der Waals surface area contributed by atoms with Crippen LogP contribution in [0, 0.1) is 5.92 Å². The SMILES string of the molecule is CCOC(=O)[C@H]1CC[C@H](OC(C(=O)OC(C)(C)C)(N2CCCC2)N2CCN(CC(F)(F)F)CC2)CC1. The molecule has 0 amide bonds. The van der Waals surface area contributed by atoms with Gasteiger partial charge in [-0.1, -0.05) is 0 Å². The number of halogens is 3. The molecule has 2 heterocycles. The third-order valence-corrected chi connectivity index (χ3v) is 7.03. The van der Waals surface area contributed by atoms with Crippen LogP contribution >= 0.6 is 0 Å². The molecule has 2 aliphatic heterocycles. The molecule has 0 aromatic carbocycles. The molecule has 11 heteroatoms. The second kappa shape index (κ2) is 12.0. The summed E-state index contributed by atoms with van der Waals surface area (Å²) in [6.45, 7) is 8.69. The minimum absolute atomic E-state index is 0.177. The monoisotopic (exact) mass is 521 g/mol. The van der Waals surface area contributed by atoms with Gasteiger partial charge in [-0.2, -0.15) is 13.2 Å². The maximum absolute atomic E-state index is 13.9. The Morgan fingerprint density at radius 3 is 1.92 bits per heavy atom. The Morgan fingerprint density at radius 2 is 1.42 bits per heavy atom. The molecule has 3 fully saturated rings. The second-order valence-corrected chi connectivity index (χ2v) is 11.0. The van der Waals surface area contributed by atoms with Gasteiger partial charge in [0.15, 0.2) is 0 Å². The zero-order valence-corrected chi connectivity index (χ0v) is 22.1. The quantitative estimate of drug-likeness (QED) is 0.450. The van der Waals surface area contributed by atoms with E-state index in [-0.39, 0.29) is 44.2 Å². The van der Waals surface area contributed by atoms with Crippen molar-refractivity contribution in [3.8, 4) is 0 Å². The lowest BCUT2D eigenvalue weighted by Crippen LogP contribution is -2.71. The first-order valence-corrected chi connectivity index (χ1v) is 13.2. The van der Waals surface area contributed by atoms with Crippen molar-refractivity contribution in [1.82, 2.24) is 14.7 Å². The number of nitrogens with zero attached hydrogens (tertiary/aromatic N) is 3. The maximum atomic E-state index is 13.9. The molecule has 0 bridgehead atoms. The van der Waals surface area contributed by atoms with E-state index in [2.05, 4.69) is 0 Å². The number of hydrogen-bond donors (Lipinski definition) is 0. The minimum Gasteiger partial charge on any atom is -0.466 e. The molecule has 0 aromatic heterocycles. The van der Waals surface area contributed by atoms with Gasteiger partial charge in [-0.05, 0) is 66.2 Å². The molecule has 1 saturated carbocycles. The van der Waals surface area contributed by atoms with Crippen LogP contribution in [-0.2, 0) is 23.8 Å². The predicted octanol–water partition coefficient (Wildman–Crippen LogP) is 3.40. The first-order chi connectivity index (χ1) is 16.8. The zero-order chi connectivity index (χ0) is 26.6. The van der Waals surface area contributed by atoms with Gasteiger partial charge in [-0.3, -0.25) is 19.5 Å². The molecule has 0 aromatic rings. The highest BCUT2D eigenvalue weighted by Gasteiger charge is 2.56. The highest BCUT2D eigenvalue weighted by atomic mass is 19.4. The number of hydrogen-bond acceptors (Lipinski definition) is 8. The smallest absolute Gasteiger partial charge is 0.401 e. The minimum atomic E-state index is -4.27. The van der Waals surface area contributed by atoms with Gasteiger partial charge in [-0.15, -0.1) is 0 Å². The van der Waals surface area contributed by atoms with E-state index in [9.17, 15) is 22.8 Å². The van der Waals surface area contributed by atoms with Crippen LogP contribution in [0.5, 0.6) is 0 Å². The van der Waals surface area contributed by atoms with Crippen LogP contribution in [0.1, 0.15) is 66.2 Å². The van der Waals surface area contributed by atoms with Gasteiger partial charge in [-0.25, -0.2) is 4.79 Å². The highest BCUT2D eigenvalue weighted by molar-refractivity contribution is 5.79. The van der Waals surface area contributed by atoms with E-state index in [4.69, 9.17) is 14.2 Å². The molecular weight excluding hydrogens is 479 g/mol. The van der Waals surface area contributed by atoms with Crippen molar-refractivity contribution >= 4 is 11.9 Å². The standard InChI is InChI=1S/C25H42F3N3O5/c1-5-34-21(32)19-8-10-20(11-9-19)35-25(30-12-6-7-13-30,22(33)36-23(2,3)4)31-16-14-29(15-17-31)18-24(26,27)28/h19-20H,5-18H2,1-4H3/t19-,20-,25?. The Labute approximate surface area is 212 Å². The van der Waals surface area contributed by atoms with Crippen LogP contribution in [0.15, 0.2) is 0 Å². The summed E-state index contributed by atoms with van der Waals surface area (Å²) in [5, 5.41) is 0. The number of alkyl halides is 3. The highest BCUT2D eigenvalue weighted by Crippen LogP contribution is 2.37.